The Hall–Kier alpha value is -0.120. The summed E-state index contributed by atoms with van der Waals surface area (Å²) in [6, 6.07) is 0.408. The van der Waals surface area contributed by atoms with Gasteiger partial charge in [0.2, 0.25) is 0 Å². The van der Waals surface area contributed by atoms with Gasteiger partial charge in [-0.1, -0.05) is 0 Å². The molecule has 0 aliphatic carbocycles. The molecule has 12 heavy (non-hydrogen) atoms. The molecule has 0 amide bonds. The Morgan fingerprint density at radius 2 is 2.25 bits per heavy atom. The maximum atomic E-state index is 5.84. The van der Waals surface area contributed by atoms with E-state index in [4.69, 9.17) is 9.47 Å². The van der Waals surface area contributed by atoms with Crippen LogP contribution in [-0.2, 0) is 9.47 Å². The van der Waals surface area contributed by atoms with Gasteiger partial charge in [0.1, 0.15) is 0 Å². The summed E-state index contributed by atoms with van der Waals surface area (Å²) < 4.78 is 10.9. The molecule has 2 unspecified atom stereocenters. The second-order valence-electron chi connectivity index (χ2n) is 3.93. The van der Waals surface area contributed by atoms with Crippen molar-refractivity contribution >= 4 is 0 Å². The molecule has 1 N–H and O–H groups in total. The summed E-state index contributed by atoms with van der Waals surface area (Å²) in [5.41, 5.74) is -0.0819. The summed E-state index contributed by atoms with van der Waals surface area (Å²) in [4.78, 5) is 0. The van der Waals surface area contributed by atoms with E-state index in [1.54, 1.807) is 7.11 Å². The van der Waals surface area contributed by atoms with E-state index in [0.29, 0.717) is 12.6 Å². The molecule has 1 fully saturated rings. The molecule has 0 aromatic rings. The topological polar surface area (TPSA) is 30.5 Å². The van der Waals surface area contributed by atoms with Gasteiger partial charge < -0.3 is 14.8 Å². The number of hydrogen-bond acceptors (Lipinski definition) is 3. The van der Waals surface area contributed by atoms with Gasteiger partial charge in [-0.2, -0.15) is 0 Å². The van der Waals surface area contributed by atoms with E-state index in [1.165, 1.54) is 0 Å². The quantitative estimate of drug-likeness (QED) is 0.669. The minimum absolute atomic E-state index is 0.0819. The summed E-state index contributed by atoms with van der Waals surface area (Å²) >= 11 is 0. The van der Waals surface area contributed by atoms with Crippen LogP contribution in [0, 0.1) is 0 Å². The monoisotopic (exact) mass is 173 g/mol. The zero-order valence-electron chi connectivity index (χ0n) is 8.39. The smallest absolute Gasteiger partial charge is 0.0940 e. The lowest BCUT2D eigenvalue weighted by molar-refractivity contribution is -0.135. The van der Waals surface area contributed by atoms with Crippen molar-refractivity contribution in [2.75, 3.05) is 20.3 Å². The summed E-state index contributed by atoms with van der Waals surface area (Å²) in [7, 11) is 1.70. The molecule has 0 saturated carbocycles. The third-order valence-corrected chi connectivity index (χ3v) is 2.52. The van der Waals surface area contributed by atoms with Crippen LogP contribution in [-0.4, -0.2) is 38.0 Å². The minimum Gasteiger partial charge on any atom is -0.382 e. The molecule has 1 rings (SSSR count). The molecule has 1 aliphatic rings. The number of ether oxygens (including phenoxy) is 2. The maximum absolute atomic E-state index is 5.84. The molecule has 72 valence electrons. The Morgan fingerprint density at radius 1 is 1.58 bits per heavy atom. The summed E-state index contributed by atoms with van der Waals surface area (Å²) in [6.07, 6.45) is 0.196. The van der Waals surface area contributed by atoms with Crippen molar-refractivity contribution in [1.82, 2.24) is 5.32 Å². The van der Waals surface area contributed by atoms with Crippen LogP contribution in [0.2, 0.25) is 0 Å². The highest BCUT2D eigenvalue weighted by molar-refractivity contribution is 4.88. The largest absolute Gasteiger partial charge is 0.382 e. The third kappa shape index (κ3) is 2.19. The van der Waals surface area contributed by atoms with Crippen LogP contribution in [0.4, 0.5) is 0 Å². The Balaban J connectivity index is 2.45. The van der Waals surface area contributed by atoms with Crippen molar-refractivity contribution in [2.45, 2.75) is 38.5 Å². The van der Waals surface area contributed by atoms with Gasteiger partial charge in [0.15, 0.2) is 0 Å². The van der Waals surface area contributed by atoms with E-state index >= 15 is 0 Å². The molecule has 1 aliphatic heterocycles. The van der Waals surface area contributed by atoms with Gasteiger partial charge in [-0.3, -0.25) is 0 Å². The predicted octanol–water partition coefficient (Wildman–Crippen LogP) is 0.788. The fourth-order valence-electron chi connectivity index (χ4n) is 1.41. The summed E-state index contributed by atoms with van der Waals surface area (Å²) in [5.74, 6) is 0. The van der Waals surface area contributed by atoms with Gasteiger partial charge in [-0.15, -0.1) is 0 Å². The highest BCUT2D eigenvalue weighted by Gasteiger charge is 2.34. The fourth-order valence-corrected chi connectivity index (χ4v) is 1.41. The van der Waals surface area contributed by atoms with Gasteiger partial charge in [0.05, 0.1) is 18.3 Å². The molecule has 0 bridgehead atoms. The zero-order chi connectivity index (χ0) is 9.19. The van der Waals surface area contributed by atoms with Crippen molar-refractivity contribution in [2.24, 2.45) is 0 Å². The van der Waals surface area contributed by atoms with Crippen LogP contribution >= 0.6 is 0 Å². The Bertz CT molecular complexity index is 147. The minimum atomic E-state index is -0.0819. The second kappa shape index (κ2) is 3.73. The number of rotatable bonds is 2. The Morgan fingerprint density at radius 3 is 2.75 bits per heavy atom. The summed E-state index contributed by atoms with van der Waals surface area (Å²) in [5, 5.41) is 3.40. The van der Waals surface area contributed by atoms with Crippen molar-refractivity contribution in [3.8, 4) is 0 Å². The lowest BCUT2D eigenvalue weighted by Gasteiger charge is -2.41. The first-order chi connectivity index (χ1) is 5.56. The molecule has 1 saturated heterocycles. The zero-order valence-corrected chi connectivity index (χ0v) is 8.39. The normalized spacial score (nSPS) is 35.0. The van der Waals surface area contributed by atoms with E-state index in [9.17, 15) is 0 Å². The Kier molecular flexibility index (Phi) is 3.09. The van der Waals surface area contributed by atoms with E-state index in [1.807, 2.05) is 0 Å². The molecule has 0 aromatic carbocycles. The first-order valence-electron chi connectivity index (χ1n) is 4.46. The van der Waals surface area contributed by atoms with Gasteiger partial charge in [-0.25, -0.2) is 0 Å². The van der Waals surface area contributed by atoms with E-state index in [-0.39, 0.29) is 11.7 Å². The van der Waals surface area contributed by atoms with E-state index < -0.39 is 0 Å². The Labute approximate surface area is 74.4 Å². The SMILES string of the molecule is COCC1CNC(C)C(C)(C)O1. The number of nitrogens with one attached hydrogen (secondary N) is 1. The van der Waals surface area contributed by atoms with Crippen molar-refractivity contribution in [3.05, 3.63) is 0 Å². The molecule has 3 nitrogen and oxygen atoms in total. The average molecular weight is 173 g/mol. The van der Waals surface area contributed by atoms with E-state index in [2.05, 4.69) is 26.1 Å². The maximum Gasteiger partial charge on any atom is 0.0940 e. The van der Waals surface area contributed by atoms with Gasteiger partial charge in [0.25, 0.3) is 0 Å². The van der Waals surface area contributed by atoms with Gasteiger partial charge >= 0.3 is 0 Å². The highest BCUT2D eigenvalue weighted by atomic mass is 16.5. The number of morpholine rings is 1. The molecule has 3 heteroatoms. The van der Waals surface area contributed by atoms with Crippen LogP contribution < -0.4 is 5.32 Å². The van der Waals surface area contributed by atoms with Crippen LogP contribution in [0.25, 0.3) is 0 Å². The second-order valence-corrected chi connectivity index (χ2v) is 3.93. The lowest BCUT2D eigenvalue weighted by Crippen LogP contribution is -2.57. The van der Waals surface area contributed by atoms with E-state index in [0.717, 1.165) is 6.54 Å². The molecule has 0 aromatic heterocycles. The third-order valence-electron chi connectivity index (χ3n) is 2.52. The van der Waals surface area contributed by atoms with Crippen LogP contribution in [0.3, 0.4) is 0 Å². The fraction of sp³-hybridized carbons (Fsp3) is 1.00. The highest BCUT2D eigenvalue weighted by Crippen LogP contribution is 2.20. The molecule has 1 heterocycles. The van der Waals surface area contributed by atoms with Crippen molar-refractivity contribution in [1.29, 1.82) is 0 Å². The average Bonchev–Trinajstić information content (AvgIpc) is 1.97. The predicted molar refractivity (Wildman–Crippen MR) is 48.3 cm³/mol. The summed E-state index contributed by atoms with van der Waals surface area (Å²) in [6.45, 7) is 7.91. The van der Waals surface area contributed by atoms with Crippen molar-refractivity contribution < 1.29 is 9.47 Å². The van der Waals surface area contributed by atoms with Crippen molar-refractivity contribution in [3.63, 3.8) is 0 Å². The first kappa shape index (κ1) is 9.96. The molecule has 2 atom stereocenters. The molecule has 0 radical (unpaired) electrons. The van der Waals surface area contributed by atoms with Crippen LogP contribution in [0.1, 0.15) is 20.8 Å². The standard InChI is InChI=1S/C9H19NO2/c1-7-9(2,3)12-8(5-10-7)6-11-4/h7-8,10H,5-6H2,1-4H3. The molecular weight excluding hydrogens is 154 g/mol. The van der Waals surface area contributed by atoms with Gasteiger partial charge in [-0.05, 0) is 20.8 Å². The van der Waals surface area contributed by atoms with Crippen LogP contribution in [0.5, 0.6) is 0 Å². The lowest BCUT2D eigenvalue weighted by atomic mass is 9.97. The number of hydrogen-bond donors (Lipinski definition) is 1. The van der Waals surface area contributed by atoms with Gasteiger partial charge in [0, 0.05) is 19.7 Å². The molecular formula is C9H19NO2. The van der Waals surface area contributed by atoms with Crippen LogP contribution in [0.15, 0.2) is 0 Å². The molecule has 0 spiro atoms. The first-order valence-corrected chi connectivity index (χ1v) is 4.46. The number of methoxy groups -OCH3 is 1.